The third kappa shape index (κ3) is 5.42. The Morgan fingerprint density at radius 3 is 2.57 bits per heavy atom. The van der Waals surface area contributed by atoms with Crippen molar-refractivity contribution in [3.05, 3.63) is 52.0 Å². The number of halogens is 1. The number of benzene rings is 2. The summed E-state index contributed by atoms with van der Waals surface area (Å²) in [6, 6.07) is 13.8. The lowest BCUT2D eigenvalue weighted by molar-refractivity contribution is 0.0219. The Morgan fingerprint density at radius 2 is 1.89 bits per heavy atom. The van der Waals surface area contributed by atoms with E-state index in [0.29, 0.717) is 31.3 Å². The highest BCUT2D eigenvalue weighted by molar-refractivity contribution is 9.10. The van der Waals surface area contributed by atoms with Crippen LogP contribution in [0.4, 0.5) is 5.82 Å². The fourth-order valence-corrected chi connectivity index (χ4v) is 5.81. The normalized spacial score (nSPS) is 22.0. The molecule has 3 saturated heterocycles. The van der Waals surface area contributed by atoms with E-state index in [9.17, 15) is 0 Å². The van der Waals surface area contributed by atoms with E-state index in [4.69, 9.17) is 24.2 Å². The quantitative estimate of drug-likeness (QED) is 0.392. The smallest absolute Gasteiger partial charge is 0.319 e. The van der Waals surface area contributed by atoms with Gasteiger partial charge in [-0.3, -0.25) is 0 Å². The second-order valence-electron chi connectivity index (χ2n) is 9.81. The van der Waals surface area contributed by atoms with Crippen molar-refractivity contribution in [1.82, 2.24) is 15.3 Å². The minimum atomic E-state index is -0.136. The number of nitrogens with one attached hydrogen (secondary N) is 1. The third-order valence-corrected chi connectivity index (χ3v) is 8.34. The van der Waals surface area contributed by atoms with Crippen molar-refractivity contribution >= 4 is 32.7 Å². The van der Waals surface area contributed by atoms with E-state index in [1.165, 1.54) is 0 Å². The maximum Gasteiger partial charge on any atom is 0.319 e. The van der Waals surface area contributed by atoms with Crippen LogP contribution in [0.25, 0.3) is 10.9 Å². The van der Waals surface area contributed by atoms with Gasteiger partial charge in [-0.1, -0.05) is 44.2 Å². The molecule has 7 nitrogen and oxygen atoms in total. The molecule has 1 N–H and O–H groups in total. The third-order valence-electron chi connectivity index (χ3n) is 7.36. The van der Waals surface area contributed by atoms with Crippen LogP contribution in [0.15, 0.2) is 40.9 Å². The van der Waals surface area contributed by atoms with Gasteiger partial charge in [0.2, 0.25) is 0 Å². The van der Waals surface area contributed by atoms with Gasteiger partial charge in [-0.2, -0.15) is 9.97 Å². The zero-order chi connectivity index (χ0) is 25.9. The fourth-order valence-electron chi connectivity index (χ4n) is 5.42. The molecule has 198 valence electrons. The van der Waals surface area contributed by atoms with Crippen LogP contribution in [-0.4, -0.2) is 54.5 Å². The molecule has 37 heavy (non-hydrogen) atoms. The van der Waals surface area contributed by atoms with Crippen LogP contribution in [-0.2, 0) is 4.74 Å². The molecular formula is C29H37BrN4O3. The van der Waals surface area contributed by atoms with E-state index in [1.807, 2.05) is 32.0 Å². The molecule has 4 heterocycles. The molecule has 3 aliphatic heterocycles. The van der Waals surface area contributed by atoms with Gasteiger partial charge in [0.25, 0.3) is 0 Å². The van der Waals surface area contributed by atoms with Crippen LogP contribution in [0, 0.1) is 6.92 Å². The molecule has 3 aliphatic rings. The summed E-state index contributed by atoms with van der Waals surface area (Å²) in [4.78, 5) is 12.4. The molecule has 0 amide bonds. The summed E-state index contributed by atoms with van der Waals surface area (Å²) in [5.41, 5.74) is 3.00. The van der Waals surface area contributed by atoms with Crippen LogP contribution in [0.5, 0.6) is 11.8 Å². The van der Waals surface area contributed by atoms with E-state index >= 15 is 0 Å². The van der Waals surface area contributed by atoms with Gasteiger partial charge < -0.3 is 24.4 Å². The molecule has 8 heteroatoms. The number of hydrogen-bond donors (Lipinski definition) is 1. The summed E-state index contributed by atoms with van der Waals surface area (Å²) in [7, 11) is 0. The van der Waals surface area contributed by atoms with Crippen molar-refractivity contribution in [2.24, 2.45) is 0 Å². The molecule has 3 aromatic rings. The van der Waals surface area contributed by atoms with E-state index in [0.717, 1.165) is 70.4 Å². The monoisotopic (exact) mass is 568 g/mol. The second-order valence-corrected chi connectivity index (χ2v) is 10.6. The molecule has 0 spiro atoms. The summed E-state index contributed by atoms with van der Waals surface area (Å²) < 4.78 is 19.4. The van der Waals surface area contributed by atoms with Gasteiger partial charge in [-0.25, -0.2) is 0 Å². The Balaban J connectivity index is 0.00000137. The van der Waals surface area contributed by atoms with Gasteiger partial charge in [-0.05, 0) is 53.4 Å². The van der Waals surface area contributed by atoms with Gasteiger partial charge in [-0.15, -0.1) is 0 Å². The van der Waals surface area contributed by atoms with Gasteiger partial charge in [0, 0.05) is 43.4 Å². The van der Waals surface area contributed by atoms with Crippen molar-refractivity contribution in [3.63, 3.8) is 0 Å². The van der Waals surface area contributed by atoms with Crippen LogP contribution >= 0.6 is 15.9 Å². The highest BCUT2D eigenvalue weighted by Crippen LogP contribution is 2.43. The average molecular weight is 570 g/mol. The number of piperazine rings is 1. The number of ether oxygens (including phenoxy) is 3. The number of rotatable bonds is 6. The Kier molecular flexibility index (Phi) is 8.17. The molecule has 0 saturated carbocycles. The highest BCUT2D eigenvalue weighted by Gasteiger charge is 2.39. The average Bonchev–Trinajstić information content (AvgIpc) is 3.57. The lowest BCUT2D eigenvalue weighted by Gasteiger charge is -2.30. The lowest BCUT2D eigenvalue weighted by atomic mass is 10.1. The summed E-state index contributed by atoms with van der Waals surface area (Å²) in [5.74, 6) is 1.68. The molecule has 2 aromatic carbocycles. The molecule has 2 bridgehead atoms. The van der Waals surface area contributed by atoms with Crippen LogP contribution < -0.4 is 19.7 Å². The first-order chi connectivity index (χ1) is 18.1. The maximum absolute atomic E-state index is 6.61. The molecular weight excluding hydrogens is 532 g/mol. The number of nitrogens with zero attached hydrogens (tertiary/aromatic N) is 3. The van der Waals surface area contributed by atoms with Crippen LogP contribution in [0.3, 0.4) is 0 Å². The van der Waals surface area contributed by atoms with E-state index in [-0.39, 0.29) is 12.2 Å². The van der Waals surface area contributed by atoms with Crippen LogP contribution in [0.1, 0.15) is 57.3 Å². The molecule has 0 aliphatic carbocycles. The molecule has 1 aromatic heterocycles. The zero-order valence-electron chi connectivity index (χ0n) is 22.2. The first-order valence-electron chi connectivity index (χ1n) is 13.5. The van der Waals surface area contributed by atoms with E-state index < -0.39 is 0 Å². The Morgan fingerprint density at radius 1 is 1.14 bits per heavy atom. The summed E-state index contributed by atoms with van der Waals surface area (Å²) in [6.45, 7) is 11.5. The predicted octanol–water partition coefficient (Wildman–Crippen LogP) is 5.98. The second kappa shape index (κ2) is 11.5. The lowest BCUT2D eigenvalue weighted by Crippen LogP contribution is -2.44. The number of aromatic nitrogens is 2. The number of anilines is 1. The SMILES string of the molecule is CC.Cc1cc2c(N3CC4CC3CN4)nc(OC3CCOCC3)nc2c(OC(C)c2ccccc2)c1Br. The highest BCUT2D eigenvalue weighted by atomic mass is 79.9. The van der Waals surface area contributed by atoms with Crippen molar-refractivity contribution in [2.45, 2.75) is 71.2 Å². The summed E-state index contributed by atoms with van der Waals surface area (Å²) >= 11 is 3.80. The first kappa shape index (κ1) is 26.2. The molecule has 3 fully saturated rings. The van der Waals surface area contributed by atoms with Gasteiger partial charge >= 0.3 is 6.01 Å². The molecule has 6 rings (SSSR count). The Bertz CT molecular complexity index is 1220. The standard InChI is InChI=1S/C27H31BrN4O3.C2H6/c1-16-12-22-24(25(23(16)28)34-17(2)18-6-4-3-5-7-18)30-27(35-21-8-10-33-11-9-21)31-26(22)32-15-19-13-20(32)14-29-19;1-2/h3-7,12,17,19-21,29H,8-11,13-15H2,1-2H3;1-2H3. The minimum absolute atomic E-state index is 0.0623. The molecule has 3 atom stereocenters. The van der Waals surface area contributed by atoms with Gasteiger partial charge in [0.1, 0.15) is 23.5 Å². The largest absolute Gasteiger partial charge is 0.483 e. The molecule has 3 unspecified atom stereocenters. The Labute approximate surface area is 228 Å². The molecule has 0 radical (unpaired) electrons. The number of fused-ring (bicyclic) bond motifs is 3. The summed E-state index contributed by atoms with van der Waals surface area (Å²) in [5, 5.41) is 4.61. The Hall–Kier alpha value is -2.42. The summed E-state index contributed by atoms with van der Waals surface area (Å²) in [6.07, 6.45) is 2.77. The van der Waals surface area contributed by atoms with Crippen molar-refractivity contribution < 1.29 is 14.2 Å². The van der Waals surface area contributed by atoms with E-state index in [1.54, 1.807) is 0 Å². The first-order valence-corrected chi connectivity index (χ1v) is 14.3. The number of hydrogen-bond acceptors (Lipinski definition) is 7. The fraction of sp³-hybridized carbons (Fsp3) is 0.517. The topological polar surface area (TPSA) is 68.7 Å². The maximum atomic E-state index is 6.61. The van der Waals surface area contributed by atoms with Gasteiger partial charge in [0.15, 0.2) is 5.75 Å². The minimum Gasteiger partial charge on any atom is -0.483 e. The van der Waals surface area contributed by atoms with E-state index in [2.05, 4.69) is 58.2 Å². The zero-order valence-corrected chi connectivity index (χ0v) is 23.8. The van der Waals surface area contributed by atoms with Crippen molar-refractivity contribution in [1.29, 1.82) is 0 Å². The van der Waals surface area contributed by atoms with Crippen molar-refractivity contribution in [3.8, 4) is 11.8 Å². The van der Waals surface area contributed by atoms with Crippen LogP contribution in [0.2, 0.25) is 0 Å². The number of aryl methyl sites for hydroxylation is 1. The predicted molar refractivity (Wildman–Crippen MR) is 151 cm³/mol. The van der Waals surface area contributed by atoms with Crippen molar-refractivity contribution in [2.75, 3.05) is 31.2 Å². The van der Waals surface area contributed by atoms with Gasteiger partial charge in [0.05, 0.1) is 17.7 Å².